The lowest BCUT2D eigenvalue weighted by atomic mass is 9.86. The first kappa shape index (κ1) is 35.3. The van der Waals surface area contributed by atoms with Gasteiger partial charge in [-0.3, -0.25) is 0 Å². The van der Waals surface area contributed by atoms with Gasteiger partial charge in [-0.15, -0.1) is 0 Å². The number of nitrogens with zero attached hydrogens (tertiary/aromatic N) is 9. The SMILES string of the molecule is c1cc(-c2ccc(-c3c4cc(-c5ncncn5)ccc4c(-c4ncncn4)c4cc(-c5ncncn5)ccc34)cc2)cc(-c2cc3ccccc3c3cc4ccccc4cc23)c1. The van der Waals surface area contributed by atoms with E-state index in [1.54, 1.807) is 0 Å². The molecule has 62 heavy (non-hydrogen) atoms. The molecule has 9 aromatic carbocycles. The van der Waals surface area contributed by atoms with E-state index < -0.39 is 0 Å². The molecule has 3 aromatic heterocycles. The predicted octanol–water partition coefficient (Wildman–Crippen LogP) is 12.0. The zero-order chi connectivity index (χ0) is 41.0. The second-order valence-corrected chi connectivity index (χ2v) is 15.2. The number of hydrogen-bond acceptors (Lipinski definition) is 9. The van der Waals surface area contributed by atoms with Crippen molar-refractivity contribution < 1.29 is 0 Å². The van der Waals surface area contributed by atoms with Gasteiger partial charge in [-0.05, 0) is 124 Å². The molecule has 288 valence electrons. The highest BCUT2D eigenvalue weighted by Crippen LogP contribution is 2.45. The molecule has 12 rings (SSSR count). The smallest absolute Gasteiger partial charge is 0.163 e. The van der Waals surface area contributed by atoms with Crippen molar-refractivity contribution in [3.05, 3.63) is 190 Å². The van der Waals surface area contributed by atoms with Crippen LogP contribution in [0, 0.1) is 0 Å². The van der Waals surface area contributed by atoms with Crippen LogP contribution in [0.2, 0.25) is 0 Å². The van der Waals surface area contributed by atoms with Crippen LogP contribution in [-0.2, 0) is 0 Å². The average molecular weight is 794 g/mol. The van der Waals surface area contributed by atoms with Gasteiger partial charge in [0.2, 0.25) is 0 Å². The standard InChI is InChI=1S/C53H31N9/c1-2-7-36-22-46-44(23-38-8-3-4-11-41(38)45(46)21-35(36)6-1)37-10-5-9-34(20-37)32-12-14-33(15-13-32)49-42-18-16-40(52-59-28-55-29-60-52)25-48(42)50(53-61-30-56-31-62-53)43-19-17-39(24-47(43)49)51-57-26-54-27-58-51/h1-31H. The summed E-state index contributed by atoms with van der Waals surface area (Å²) in [5.74, 6) is 1.72. The monoisotopic (exact) mass is 793 g/mol. The molecule has 12 aromatic rings. The Kier molecular flexibility index (Phi) is 8.27. The van der Waals surface area contributed by atoms with Gasteiger partial charge in [0, 0.05) is 16.7 Å². The van der Waals surface area contributed by atoms with Crippen molar-refractivity contribution in [2.75, 3.05) is 0 Å². The van der Waals surface area contributed by atoms with E-state index in [-0.39, 0.29) is 0 Å². The Morgan fingerprint density at radius 3 is 1.39 bits per heavy atom. The van der Waals surface area contributed by atoms with Crippen LogP contribution >= 0.6 is 0 Å². The number of hydrogen-bond donors (Lipinski definition) is 0. The summed E-state index contributed by atoms with van der Waals surface area (Å²) in [6.45, 7) is 0. The molecule has 0 amide bonds. The summed E-state index contributed by atoms with van der Waals surface area (Å²) in [6, 6.07) is 54.6. The van der Waals surface area contributed by atoms with Crippen molar-refractivity contribution in [3.8, 4) is 67.5 Å². The molecule has 0 N–H and O–H groups in total. The first-order chi connectivity index (χ1) is 30.7. The first-order valence-corrected chi connectivity index (χ1v) is 20.2. The molecule has 3 heterocycles. The van der Waals surface area contributed by atoms with Gasteiger partial charge < -0.3 is 0 Å². The number of fused-ring (bicyclic) bond motifs is 6. The summed E-state index contributed by atoms with van der Waals surface area (Å²) in [5, 5.41) is 11.4. The van der Waals surface area contributed by atoms with E-state index in [2.05, 4.69) is 190 Å². The van der Waals surface area contributed by atoms with E-state index in [1.165, 1.54) is 81.4 Å². The zero-order valence-corrected chi connectivity index (χ0v) is 32.9. The first-order valence-electron chi connectivity index (χ1n) is 20.2. The summed E-state index contributed by atoms with van der Waals surface area (Å²) in [6.07, 6.45) is 9.12. The summed E-state index contributed by atoms with van der Waals surface area (Å²) in [4.78, 5) is 39.5. The molecule has 0 saturated carbocycles. The van der Waals surface area contributed by atoms with Crippen molar-refractivity contribution in [1.29, 1.82) is 0 Å². The topological polar surface area (TPSA) is 116 Å². The van der Waals surface area contributed by atoms with Gasteiger partial charge in [0.15, 0.2) is 17.5 Å². The average Bonchev–Trinajstić information content (AvgIpc) is 3.35. The van der Waals surface area contributed by atoms with E-state index in [9.17, 15) is 0 Å². The van der Waals surface area contributed by atoms with Crippen LogP contribution in [0.15, 0.2) is 190 Å². The summed E-state index contributed by atoms with van der Waals surface area (Å²) < 4.78 is 0. The Bertz CT molecular complexity index is 3680. The van der Waals surface area contributed by atoms with Gasteiger partial charge in [-0.2, -0.15) is 0 Å². The summed E-state index contributed by atoms with van der Waals surface area (Å²) in [7, 11) is 0. The molecule has 0 spiro atoms. The predicted molar refractivity (Wildman–Crippen MR) is 247 cm³/mol. The van der Waals surface area contributed by atoms with E-state index >= 15 is 0 Å². The number of benzene rings is 9. The van der Waals surface area contributed by atoms with Crippen LogP contribution in [0.3, 0.4) is 0 Å². The maximum atomic E-state index is 4.66. The van der Waals surface area contributed by atoms with Crippen LogP contribution in [0.5, 0.6) is 0 Å². The van der Waals surface area contributed by atoms with E-state index in [0.29, 0.717) is 17.5 Å². The Morgan fingerprint density at radius 2 is 0.742 bits per heavy atom. The van der Waals surface area contributed by atoms with Crippen molar-refractivity contribution >= 4 is 53.9 Å². The fourth-order valence-corrected chi connectivity index (χ4v) is 8.93. The van der Waals surface area contributed by atoms with Crippen LogP contribution in [0.4, 0.5) is 0 Å². The maximum Gasteiger partial charge on any atom is 0.163 e. The molecule has 0 unspecified atom stereocenters. The van der Waals surface area contributed by atoms with Gasteiger partial charge in [0.1, 0.15) is 38.0 Å². The molecule has 9 nitrogen and oxygen atoms in total. The van der Waals surface area contributed by atoms with Gasteiger partial charge in [0.25, 0.3) is 0 Å². The fraction of sp³-hybridized carbons (Fsp3) is 0. The quantitative estimate of drug-likeness (QED) is 0.120. The van der Waals surface area contributed by atoms with Crippen LogP contribution in [0.1, 0.15) is 0 Å². The van der Waals surface area contributed by atoms with E-state index in [0.717, 1.165) is 60.5 Å². The fourth-order valence-electron chi connectivity index (χ4n) is 8.93. The van der Waals surface area contributed by atoms with E-state index in [1.807, 2.05) is 6.07 Å². The van der Waals surface area contributed by atoms with Crippen molar-refractivity contribution in [3.63, 3.8) is 0 Å². The molecule has 0 aliphatic rings. The molecule has 0 bridgehead atoms. The lowest BCUT2D eigenvalue weighted by Gasteiger charge is -2.18. The zero-order valence-electron chi connectivity index (χ0n) is 32.9. The summed E-state index contributed by atoms with van der Waals surface area (Å²) >= 11 is 0. The lowest BCUT2D eigenvalue weighted by Crippen LogP contribution is -1.97. The van der Waals surface area contributed by atoms with Crippen LogP contribution in [-0.4, -0.2) is 44.9 Å². The number of rotatable bonds is 6. The molecule has 9 heteroatoms. The van der Waals surface area contributed by atoms with Gasteiger partial charge in [0.05, 0.1) is 0 Å². The van der Waals surface area contributed by atoms with Crippen molar-refractivity contribution in [2.24, 2.45) is 0 Å². The minimum absolute atomic E-state index is 0.560. The normalized spacial score (nSPS) is 11.5. The third-order valence-electron chi connectivity index (χ3n) is 11.7. The molecule has 0 atom stereocenters. The largest absolute Gasteiger partial charge is 0.225 e. The van der Waals surface area contributed by atoms with Crippen molar-refractivity contribution in [1.82, 2.24) is 44.9 Å². The van der Waals surface area contributed by atoms with E-state index in [4.69, 9.17) is 0 Å². The maximum absolute atomic E-state index is 4.66. The highest BCUT2D eigenvalue weighted by Gasteiger charge is 2.21. The minimum atomic E-state index is 0.560. The lowest BCUT2D eigenvalue weighted by molar-refractivity contribution is 1.05. The Hall–Kier alpha value is -8.69. The Morgan fingerprint density at radius 1 is 0.242 bits per heavy atom. The highest BCUT2D eigenvalue weighted by atomic mass is 15.0. The van der Waals surface area contributed by atoms with Crippen molar-refractivity contribution in [2.45, 2.75) is 0 Å². The molecular weight excluding hydrogens is 763 g/mol. The second-order valence-electron chi connectivity index (χ2n) is 15.2. The van der Waals surface area contributed by atoms with Gasteiger partial charge in [-0.1, -0.05) is 115 Å². The van der Waals surface area contributed by atoms with Gasteiger partial charge in [-0.25, -0.2) is 44.9 Å². The molecule has 0 aliphatic carbocycles. The van der Waals surface area contributed by atoms with Crippen LogP contribution in [0.25, 0.3) is 121 Å². The second kappa shape index (κ2) is 14.5. The summed E-state index contributed by atoms with van der Waals surface area (Å²) in [5.41, 5.74) is 9.34. The minimum Gasteiger partial charge on any atom is -0.225 e. The van der Waals surface area contributed by atoms with Gasteiger partial charge >= 0.3 is 0 Å². The Labute approximate surface area is 354 Å². The molecule has 0 saturated heterocycles. The molecule has 0 aliphatic heterocycles. The third kappa shape index (κ3) is 5.98. The highest BCUT2D eigenvalue weighted by molar-refractivity contribution is 6.22. The molecule has 0 fully saturated rings. The Balaban J connectivity index is 1.04. The molecule has 0 radical (unpaired) electrons. The number of aromatic nitrogens is 9. The van der Waals surface area contributed by atoms with Crippen LogP contribution < -0.4 is 0 Å². The molecular formula is C53H31N9. The third-order valence-corrected chi connectivity index (χ3v) is 11.7.